The lowest BCUT2D eigenvalue weighted by atomic mass is 10.1. The molecule has 1 aromatic heterocycles. The summed E-state index contributed by atoms with van der Waals surface area (Å²) in [6.45, 7) is 0.567. The Morgan fingerprint density at radius 1 is 1.40 bits per heavy atom. The molecule has 0 aliphatic heterocycles. The van der Waals surface area contributed by atoms with Gasteiger partial charge in [-0.15, -0.1) is 11.3 Å². The lowest BCUT2D eigenvalue weighted by Crippen LogP contribution is -2.32. The van der Waals surface area contributed by atoms with Gasteiger partial charge >= 0.3 is 0 Å². The van der Waals surface area contributed by atoms with Gasteiger partial charge in [0.2, 0.25) is 0 Å². The van der Waals surface area contributed by atoms with E-state index in [9.17, 15) is 9.18 Å². The molecule has 1 aromatic carbocycles. The third kappa shape index (κ3) is 2.67. The maximum atomic E-state index is 13.3. The van der Waals surface area contributed by atoms with E-state index in [0.717, 1.165) is 17.7 Å². The molecule has 0 saturated heterocycles. The average molecular weight is 290 g/mol. The lowest BCUT2D eigenvalue weighted by Gasteiger charge is -2.22. The number of halogens is 1. The van der Waals surface area contributed by atoms with Crippen LogP contribution < -0.4 is 5.73 Å². The van der Waals surface area contributed by atoms with Crippen LogP contribution in [0.5, 0.6) is 0 Å². The summed E-state index contributed by atoms with van der Waals surface area (Å²) < 4.78 is 13.3. The maximum Gasteiger partial charge on any atom is 0.256 e. The third-order valence-electron chi connectivity index (χ3n) is 3.40. The van der Waals surface area contributed by atoms with Crippen molar-refractivity contribution in [1.82, 2.24) is 4.90 Å². The molecular weight excluding hydrogens is 275 g/mol. The Morgan fingerprint density at radius 3 is 2.85 bits per heavy atom. The minimum atomic E-state index is -0.436. The summed E-state index contributed by atoms with van der Waals surface area (Å²) in [5.41, 5.74) is 6.40. The summed E-state index contributed by atoms with van der Waals surface area (Å²) in [5, 5.41) is 1.99. The number of thiophene rings is 1. The molecule has 2 aromatic rings. The number of hydrogen-bond donors (Lipinski definition) is 1. The van der Waals surface area contributed by atoms with Crippen LogP contribution in [-0.2, 0) is 6.54 Å². The van der Waals surface area contributed by atoms with Gasteiger partial charge in [-0.3, -0.25) is 4.79 Å². The Morgan fingerprint density at radius 2 is 2.20 bits per heavy atom. The molecule has 1 aliphatic carbocycles. The highest BCUT2D eigenvalue weighted by molar-refractivity contribution is 7.09. The molecule has 104 valence electrons. The zero-order valence-corrected chi connectivity index (χ0v) is 11.7. The predicted octanol–water partition coefficient (Wildman–Crippen LogP) is 3.27. The second-order valence-corrected chi connectivity index (χ2v) is 6.01. The molecule has 1 fully saturated rings. The van der Waals surface area contributed by atoms with E-state index in [1.54, 1.807) is 16.2 Å². The first-order valence-corrected chi connectivity index (χ1v) is 7.41. The number of nitrogens with zero attached hydrogens (tertiary/aromatic N) is 1. The van der Waals surface area contributed by atoms with E-state index >= 15 is 0 Å². The molecule has 0 unspecified atom stereocenters. The lowest BCUT2D eigenvalue weighted by molar-refractivity contribution is 0.0732. The Kier molecular flexibility index (Phi) is 3.44. The molecular formula is C15H15FN2OS. The second-order valence-electron chi connectivity index (χ2n) is 4.98. The Balaban J connectivity index is 1.87. The van der Waals surface area contributed by atoms with Crippen LogP contribution in [0.1, 0.15) is 28.1 Å². The van der Waals surface area contributed by atoms with Crippen molar-refractivity contribution in [3.8, 4) is 0 Å². The molecule has 0 atom stereocenters. The summed E-state index contributed by atoms with van der Waals surface area (Å²) in [6.07, 6.45) is 2.01. The van der Waals surface area contributed by atoms with Crippen molar-refractivity contribution < 1.29 is 9.18 Å². The quantitative estimate of drug-likeness (QED) is 0.878. The van der Waals surface area contributed by atoms with Crippen molar-refractivity contribution >= 4 is 22.9 Å². The molecule has 3 nitrogen and oxygen atoms in total. The fraction of sp³-hybridized carbons (Fsp3) is 0.267. The van der Waals surface area contributed by atoms with Gasteiger partial charge in [-0.25, -0.2) is 4.39 Å². The van der Waals surface area contributed by atoms with Crippen molar-refractivity contribution in [2.24, 2.45) is 0 Å². The van der Waals surface area contributed by atoms with E-state index in [1.165, 1.54) is 18.2 Å². The first-order chi connectivity index (χ1) is 9.65. The minimum Gasteiger partial charge on any atom is -0.398 e. The van der Waals surface area contributed by atoms with Crippen molar-refractivity contribution in [3.05, 3.63) is 52.0 Å². The van der Waals surface area contributed by atoms with E-state index in [2.05, 4.69) is 0 Å². The molecule has 1 heterocycles. The molecule has 0 radical (unpaired) electrons. The number of hydrogen-bond acceptors (Lipinski definition) is 3. The highest BCUT2D eigenvalue weighted by Gasteiger charge is 2.34. The number of nitrogen functional groups attached to an aromatic ring is 1. The minimum absolute atomic E-state index is 0.182. The number of carbonyl (C=O) groups excluding carboxylic acids is 1. The highest BCUT2D eigenvalue weighted by Crippen LogP contribution is 2.31. The molecule has 1 amide bonds. The van der Waals surface area contributed by atoms with Gasteiger partial charge in [-0.2, -0.15) is 0 Å². The number of benzene rings is 1. The van der Waals surface area contributed by atoms with E-state index in [-0.39, 0.29) is 17.5 Å². The Hall–Kier alpha value is -1.88. The number of anilines is 1. The smallest absolute Gasteiger partial charge is 0.256 e. The zero-order chi connectivity index (χ0) is 14.1. The van der Waals surface area contributed by atoms with E-state index in [4.69, 9.17) is 5.73 Å². The number of amides is 1. The molecule has 0 bridgehead atoms. The van der Waals surface area contributed by atoms with Crippen LogP contribution in [-0.4, -0.2) is 16.8 Å². The summed E-state index contributed by atoms with van der Waals surface area (Å²) in [7, 11) is 0. The predicted molar refractivity (Wildman–Crippen MR) is 78.0 cm³/mol. The van der Waals surface area contributed by atoms with Crippen LogP contribution in [0.25, 0.3) is 0 Å². The van der Waals surface area contributed by atoms with Crippen LogP contribution in [0.4, 0.5) is 10.1 Å². The van der Waals surface area contributed by atoms with Crippen molar-refractivity contribution in [2.75, 3.05) is 5.73 Å². The van der Waals surface area contributed by atoms with Crippen LogP contribution in [0.15, 0.2) is 35.7 Å². The molecule has 1 saturated carbocycles. The maximum absolute atomic E-state index is 13.3. The van der Waals surface area contributed by atoms with Gasteiger partial charge in [-0.1, -0.05) is 6.07 Å². The third-order valence-corrected chi connectivity index (χ3v) is 4.26. The number of carbonyl (C=O) groups is 1. The first kappa shape index (κ1) is 13.1. The Bertz CT molecular complexity index is 623. The number of nitrogens with two attached hydrogens (primary N) is 1. The van der Waals surface area contributed by atoms with Crippen molar-refractivity contribution in [2.45, 2.75) is 25.4 Å². The standard InChI is InChI=1S/C15H15FN2OS/c16-10-3-6-14(17)13(8-10)15(19)18(11-4-5-11)9-12-2-1-7-20-12/h1-3,6-8,11H,4-5,9,17H2. The molecule has 2 N–H and O–H groups in total. The van der Waals surface area contributed by atoms with Crippen LogP contribution in [0.3, 0.4) is 0 Å². The number of rotatable bonds is 4. The molecule has 1 aliphatic rings. The fourth-order valence-electron chi connectivity index (χ4n) is 2.19. The van der Waals surface area contributed by atoms with Gasteiger partial charge in [0, 0.05) is 16.6 Å². The van der Waals surface area contributed by atoms with Crippen molar-refractivity contribution in [3.63, 3.8) is 0 Å². The summed E-state index contributed by atoms with van der Waals surface area (Å²) in [5.74, 6) is -0.618. The SMILES string of the molecule is Nc1ccc(F)cc1C(=O)N(Cc1cccs1)C1CC1. The zero-order valence-electron chi connectivity index (χ0n) is 10.9. The highest BCUT2D eigenvalue weighted by atomic mass is 32.1. The van der Waals surface area contributed by atoms with Gasteiger partial charge in [0.1, 0.15) is 5.82 Å². The molecule has 20 heavy (non-hydrogen) atoms. The first-order valence-electron chi connectivity index (χ1n) is 6.53. The van der Waals surface area contributed by atoms with Crippen molar-refractivity contribution in [1.29, 1.82) is 0 Å². The van der Waals surface area contributed by atoms with Gasteiger partial charge in [0.15, 0.2) is 0 Å². The molecule has 3 rings (SSSR count). The normalized spacial score (nSPS) is 14.2. The van der Waals surface area contributed by atoms with Crippen LogP contribution in [0, 0.1) is 5.82 Å². The van der Waals surface area contributed by atoms with Gasteiger partial charge < -0.3 is 10.6 Å². The summed E-state index contributed by atoms with van der Waals surface area (Å²) in [4.78, 5) is 15.5. The van der Waals surface area contributed by atoms with E-state index < -0.39 is 5.82 Å². The van der Waals surface area contributed by atoms with Gasteiger partial charge in [-0.05, 0) is 42.5 Å². The topological polar surface area (TPSA) is 46.3 Å². The van der Waals surface area contributed by atoms with Gasteiger partial charge in [0.05, 0.1) is 12.1 Å². The largest absolute Gasteiger partial charge is 0.398 e. The van der Waals surface area contributed by atoms with Crippen LogP contribution >= 0.6 is 11.3 Å². The second kappa shape index (κ2) is 5.25. The average Bonchev–Trinajstić information content (AvgIpc) is 3.15. The summed E-state index contributed by atoms with van der Waals surface area (Å²) in [6, 6.07) is 8.16. The fourth-order valence-corrected chi connectivity index (χ4v) is 2.89. The molecule has 0 spiro atoms. The summed E-state index contributed by atoms with van der Waals surface area (Å²) >= 11 is 1.62. The van der Waals surface area contributed by atoms with Gasteiger partial charge in [0.25, 0.3) is 5.91 Å². The van der Waals surface area contributed by atoms with E-state index in [1.807, 2.05) is 17.5 Å². The molecule has 5 heteroatoms. The monoisotopic (exact) mass is 290 g/mol. The van der Waals surface area contributed by atoms with E-state index in [0.29, 0.717) is 12.2 Å². The van der Waals surface area contributed by atoms with Crippen LogP contribution in [0.2, 0.25) is 0 Å². The Labute approximate surface area is 120 Å².